The van der Waals surface area contributed by atoms with Crippen LogP contribution in [0, 0.1) is 6.92 Å². The molecule has 0 N–H and O–H groups in total. The average molecular weight is 538 g/mol. The van der Waals surface area contributed by atoms with E-state index in [9.17, 15) is 4.79 Å². The molecule has 0 aliphatic carbocycles. The van der Waals surface area contributed by atoms with Crippen LogP contribution in [0.5, 0.6) is 23.0 Å². The quantitative estimate of drug-likeness (QED) is 0.200. The van der Waals surface area contributed by atoms with E-state index >= 15 is 0 Å². The summed E-state index contributed by atoms with van der Waals surface area (Å²) in [6.45, 7) is 2.09. The number of hydrogen-bond acceptors (Lipinski definition) is 4. The van der Waals surface area contributed by atoms with Crippen molar-refractivity contribution in [2.24, 2.45) is 0 Å². The van der Waals surface area contributed by atoms with Crippen molar-refractivity contribution in [3.8, 4) is 45.4 Å². The van der Waals surface area contributed by atoms with Crippen molar-refractivity contribution in [1.29, 1.82) is 0 Å². The van der Waals surface area contributed by atoms with Gasteiger partial charge in [0.1, 0.15) is 17.2 Å². The van der Waals surface area contributed by atoms with Gasteiger partial charge >= 0.3 is 0 Å². The van der Waals surface area contributed by atoms with Gasteiger partial charge in [-0.3, -0.25) is 4.79 Å². The van der Waals surface area contributed by atoms with Crippen molar-refractivity contribution >= 4 is 27.2 Å². The molecule has 5 nitrogen and oxygen atoms in total. The molecule has 7 aromatic rings. The summed E-state index contributed by atoms with van der Waals surface area (Å²) in [5.74, 6) is 2.42. The van der Waals surface area contributed by atoms with Gasteiger partial charge < -0.3 is 18.6 Å². The second-order valence-corrected chi connectivity index (χ2v) is 10.2. The first-order valence-corrected chi connectivity index (χ1v) is 13.5. The smallest absolute Gasteiger partial charge is 0.231 e. The molecule has 5 aromatic carbocycles. The predicted molar refractivity (Wildman–Crippen MR) is 165 cm³/mol. The Morgan fingerprint density at radius 2 is 1.29 bits per heavy atom. The normalized spacial score (nSPS) is 11.4. The van der Waals surface area contributed by atoms with E-state index in [4.69, 9.17) is 14.2 Å². The molecule has 41 heavy (non-hydrogen) atoms. The molecular formula is C36H27NO4. The van der Waals surface area contributed by atoms with Gasteiger partial charge in [0.05, 0.1) is 36.3 Å². The van der Waals surface area contributed by atoms with Gasteiger partial charge in [-0.1, -0.05) is 42.0 Å². The van der Waals surface area contributed by atoms with Gasteiger partial charge in [0.2, 0.25) is 5.43 Å². The van der Waals surface area contributed by atoms with E-state index in [2.05, 4.69) is 35.6 Å². The fourth-order valence-corrected chi connectivity index (χ4v) is 5.73. The van der Waals surface area contributed by atoms with Crippen molar-refractivity contribution in [3.63, 3.8) is 0 Å². The Morgan fingerprint density at radius 3 is 1.95 bits per heavy atom. The van der Waals surface area contributed by atoms with Gasteiger partial charge in [-0.2, -0.15) is 0 Å². The van der Waals surface area contributed by atoms with Crippen LogP contribution in [0.25, 0.3) is 49.6 Å². The Morgan fingerprint density at radius 1 is 0.634 bits per heavy atom. The molecule has 200 valence electrons. The molecule has 0 bridgehead atoms. The van der Waals surface area contributed by atoms with Crippen LogP contribution in [-0.2, 0) is 0 Å². The maximum absolute atomic E-state index is 14.4. The van der Waals surface area contributed by atoms with Crippen LogP contribution in [-0.4, -0.2) is 18.6 Å². The maximum atomic E-state index is 14.4. The summed E-state index contributed by atoms with van der Waals surface area (Å²) in [4.78, 5) is 14.4. The van der Waals surface area contributed by atoms with Crippen molar-refractivity contribution in [1.82, 2.24) is 4.40 Å². The van der Waals surface area contributed by atoms with Crippen LogP contribution < -0.4 is 19.6 Å². The molecule has 0 aliphatic heterocycles. The molecule has 7 rings (SSSR count). The fraction of sp³-hybridized carbons (Fsp3) is 0.0833. The third-order valence-corrected chi connectivity index (χ3v) is 7.63. The molecule has 0 unspecified atom stereocenters. The molecule has 0 fully saturated rings. The molecule has 0 radical (unpaired) electrons. The van der Waals surface area contributed by atoms with Gasteiger partial charge in [-0.05, 0) is 96.2 Å². The zero-order valence-electron chi connectivity index (χ0n) is 23.0. The van der Waals surface area contributed by atoms with Gasteiger partial charge in [-0.25, -0.2) is 0 Å². The van der Waals surface area contributed by atoms with Crippen molar-refractivity contribution < 1.29 is 14.2 Å². The van der Waals surface area contributed by atoms with Crippen molar-refractivity contribution in [2.75, 3.05) is 14.2 Å². The Balaban J connectivity index is 1.67. The average Bonchev–Trinajstić information content (AvgIpc) is 3.37. The number of benzene rings is 5. The number of aromatic nitrogens is 1. The number of aryl methyl sites for hydroxylation is 1. The highest BCUT2D eigenvalue weighted by molar-refractivity contribution is 6.14. The van der Waals surface area contributed by atoms with E-state index in [-0.39, 0.29) is 5.43 Å². The molecule has 0 atom stereocenters. The van der Waals surface area contributed by atoms with Gasteiger partial charge in [0.15, 0.2) is 5.75 Å². The van der Waals surface area contributed by atoms with Crippen LogP contribution in [0.2, 0.25) is 0 Å². The number of pyridine rings is 1. The third-order valence-electron chi connectivity index (χ3n) is 7.63. The Bertz CT molecular complexity index is 2090. The van der Waals surface area contributed by atoms with Crippen LogP contribution in [0.3, 0.4) is 0 Å². The minimum Gasteiger partial charge on any atom is -0.497 e. The lowest BCUT2D eigenvalue weighted by Gasteiger charge is -2.13. The minimum absolute atomic E-state index is 0.157. The minimum atomic E-state index is -0.157. The SMILES string of the molecule is COc1ccc(-c2c(-c3ccc(OC)cc3)n3c4ccc(C)cc4cc4cc(Oc5ccccc5)c(=O)c2c43)cc1. The highest BCUT2D eigenvalue weighted by Gasteiger charge is 2.26. The second-order valence-electron chi connectivity index (χ2n) is 10.2. The zero-order valence-corrected chi connectivity index (χ0v) is 23.0. The standard InChI is InChI=1S/C36H27NO4/c1-22-9-18-30-25(19-22)20-26-21-31(41-29-7-5-4-6-8-29)36(38)33-32(23-10-14-27(39-2)15-11-23)34(37(30)35(26)33)24-12-16-28(40-3)17-13-24/h4-21H,1-3H3. The topological polar surface area (TPSA) is 49.2 Å². The van der Waals surface area contributed by atoms with Crippen molar-refractivity contribution in [3.05, 3.63) is 125 Å². The van der Waals surface area contributed by atoms with E-state index in [0.29, 0.717) is 16.9 Å². The summed E-state index contributed by atoms with van der Waals surface area (Å²) in [5.41, 5.74) is 6.55. The monoisotopic (exact) mass is 537 g/mol. The number of para-hydroxylation sites is 1. The van der Waals surface area contributed by atoms with E-state index in [0.717, 1.165) is 61.3 Å². The summed E-state index contributed by atoms with van der Waals surface area (Å²) in [7, 11) is 3.31. The van der Waals surface area contributed by atoms with E-state index in [1.54, 1.807) is 14.2 Å². The predicted octanol–water partition coefficient (Wildman–Crippen LogP) is 8.50. The second kappa shape index (κ2) is 9.72. The Kier molecular flexibility index (Phi) is 5.86. The van der Waals surface area contributed by atoms with Crippen molar-refractivity contribution in [2.45, 2.75) is 6.92 Å². The zero-order chi connectivity index (χ0) is 28.1. The van der Waals surface area contributed by atoms with E-state index in [1.165, 1.54) is 0 Å². The fourth-order valence-electron chi connectivity index (χ4n) is 5.73. The summed E-state index contributed by atoms with van der Waals surface area (Å²) in [5, 5.41) is 2.62. The molecule has 2 aromatic heterocycles. The number of nitrogens with zero attached hydrogens (tertiary/aromatic N) is 1. The lowest BCUT2D eigenvalue weighted by Crippen LogP contribution is -2.06. The summed E-state index contributed by atoms with van der Waals surface area (Å²) >= 11 is 0. The molecule has 2 heterocycles. The van der Waals surface area contributed by atoms with Crippen LogP contribution in [0.15, 0.2) is 114 Å². The first-order chi connectivity index (χ1) is 20.1. The Hall–Kier alpha value is -5.29. The largest absolute Gasteiger partial charge is 0.497 e. The molecular weight excluding hydrogens is 510 g/mol. The first-order valence-electron chi connectivity index (χ1n) is 13.5. The molecule has 0 amide bonds. The van der Waals surface area contributed by atoms with Crippen LogP contribution >= 0.6 is 0 Å². The molecule has 0 saturated heterocycles. The first kappa shape index (κ1) is 24.7. The van der Waals surface area contributed by atoms with Gasteiger partial charge in [-0.15, -0.1) is 0 Å². The number of fused-ring (bicyclic) bond motifs is 2. The lowest BCUT2D eigenvalue weighted by atomic mass is 9.97. The number of methoxy groups -OCH3 is 2. The Labute approximate surface area is 237 Å². The highest BCUT2D eigenvalue weighted by atomic mass is 16.5. The number of hydrogen-bond donors (Lipinski definition) is 0. The van der Waals surface area contributed by atoms with E-state index in [1.807, 2.05) is 84.9 Å². The van der Waals surface area contributed by atoms with Gasteiger partial charge in [0, 0.05) is 10.9 Å². The van der Waals surface area contributed by atoms with Crippen LogP contribution in [0.4, 0.5) is 0 Å². The number of rotatable bonds is 6. The van der Waals surface area contributed by atoms with Crippen LogP contribution in [0.1, 0.15) is 5.56 Å². The highest BCUT2D eigenvalue weighted by Crippen LogP contribution is 2.44. The molecule has 0 saturated carbocycles. The third kappa shape index (κ3) is 4.05. The maximum Gasteiger partial charge on any atom is 0.231 e. The number of ether oxygens (including phenoxy) is 3. The lowest BCUT2D eigenvalue weighted by molar-refractivity contribution is 0.414. The summed E-state index contributed by atoms with van der Waals surface area (Å²) in [6, 6.07) is 35.7. The summed E-state index contributed by atoms with van der Waals surface area (Å²) in [6.07, 6.45) is 0. The summed E-state index contributed by atoms with van der Waals surface area (Å²) < 4.78 is 19.4. The molecule has 0 aliphatic rings. The van der Waals surface area contributed by atoms with E-state index < -0.39 is 0 Å². The molecule has 5 heteroatoms. The molecule has 0 spiro atoms. The van der Waals surface area contributed by atoms with Gasteiger partial charge in [0.25, 0.3) is 0 Å².